The normalized spacial score (nSPS) is 9.63. The molecule has 0 aliphatic rings. The highest BCUT2D eigenvalue weighted by Gasteiger charge is 2.03. The molecule has 1 rings (SSSR count). The number of nitrogens with one attached hydrogen (secondary N) is 3. The van der Waals surface area contributed by atoms with Crippen molar-refractivity contribution in [1.82, 2.24) is 16.2 Å². The van der Waals surface area contributed by atoms with Crippen molar-refractivity contribution in [1.29, 1.82) is 0 Å². The lowest BCUT2D eigenvalue weighted by atomic mass is 10.1. The van der Waals surface area contributed by atoms with Crippen LogP contribution in [0.5, 0.6) is 5.75 Å². The Hall–Kier alpha value is -1.82. The molecule has 5 nitrogen and oxygen atoms in total. The molecule has 0 radical (unpaired) electrons. The van der Waals surface area contributed by atoms with E-state index in [0.717, 1.165) is 5.56 Å². The van der Waals surface area contributed by atoms with E-state index >= 15 is 0 Å². The van der Waals surface area contributed by atoms with Crippen LogP contribution >= 0.6 is 12.2 Å². The molecular weight excluding hydrogens is 262 g/mol. The minimum absolute atomic E-state index is 0.0652. The lowest BCUT2D eigenvalue weighted by Gasteiger charge is -2.11. The first-order chi connectivity index (χ1) is 9.02. The Morgan fingerprint density at radius 1 is 1.26 bits per heavy atom. The molecular formula is C13H19N3O2S. The van der Waals surface area contributed by atoms with Crippen LogP contribution in [0.15, 0.2) is 18.2 Å². The fourth-order valence-electron chi connectivity index (χ4n) is 1.32. The predicted octanol–water partition coefficient (Wildman–Crippen LogP) is 1.20. The molecule has 0 saturated carbocycles. The number of hydrogen-bond acceptors (Lipinski definition) is 3. The first-order valence-corrected chi connectivity index (χ1v) is 6.46. The van der Waals surface area contributed by atoms with Gasteiger partial charge in [-0.15, -0.1) is 0 Å². The van der Waals surface area contributed by atoms with Gasteiger partial charge in [0.25, 0.3) is 5.91 Å². The van der Waals surface area contributed by atoms with Crippen LogP contribution in [-0.2, 0) is 4.79 Å². The van der Waals surface area contributed by atoms with E-state index in [2.05, 4.69) is 16.2 Å². The molecule has 1 aromatic rings. The molecule has 0 aliphatic heterocycles. The molecule has 6 heteroatoms. The molecule has 3 N–H and O–H groups in total. The number of aryl methyl sites for hydroxylation is 2. The monoisotopic (exact) mass is 281 g/mol. The zero-order valence-corrected chi connectivity index (χ0v) is 12.2. The van der Waals surface area contributed by atoms with Gasteiger partial charge in [0.15, 0.2) is 11.7 Å². The van der Waals surface area contributed by atoms with Gasteiger partial charge in [0.05, 0.1) is 0 Å². The van der Waals surface area contributed by atoms with Gasteiger partial charge >= 0.3 is 0 Å². The molecule has 19 heavy (non-hydrogen) atoms. The van der Waals surface area contributed by atoms with E-state index in [9.17, 15) is 4.79 Å². The largest absolute Gasteiger partial charge is 0.484 e. The van der Waals surface area contributed by atoms with Gasteiger partial charge in [0, 0.05) is 6.54 Å². The Morgan fingerprint density at radius 3 is 2.63 bits per heavy atom. The summed E-state index contributed by atoms with van der Waals surface area (Å²) in [5.41, 5.74) is 7.35. The van der Waals surface area contributed by atoms with E-state index in [4.69, 9.17) is 17.0 Å². The average molecular weight is 281 g/mol. The number of carbonyl (C=O) groups excluding carboxylic acids is 1. The van der Waals surface area contributed by atoms with Crippen molar-refractivity contribution in [3.8, 4) is 5.75 Å². The third kappa shape index (κ3) is 5.56. The van der Waals surface area contributed by atoms with E-state index in [1.807, 2.05) is 39.0 Å². The zero-order valence-electron chi connectivity index (χ0n) is 11.4. The van der Waals surface area contributed by atoms with E-state index in [1.165, 1.54) is 5.56 Å². The molecule has 0 fully saturated rings. The van der Waals surface area contributed by atoms with Gasteiger partial charge in [-0.1, -0.05) is 6.07 Å². The molecule has 0 saturated heterocycles. The highest BCUT2D eigenvalue weighted by molar-refractivity contribution is 7.80. The molecule has 0 atom stereocenters. The fourth-order valence-corrected chi connectivity index (χ4v) is 1.52. The number of carbonyl (C=O) groups is 1. The number of thiocarbonyl (C=S) groups is 1. The van der Waals surface area contributed by atoms with E-state index in [1.54, 1.807) is 0 Å². The first-order valence-electron chi connectivity index (χ1n) is 6.05. The average Bonchev–Trinajstić information content (AvgIpc) is 2.38. The first kappa shape index (κ1) is 15.2. The number of amides is 1. The van der Waals surface area contributed by atoms with Crippen LogP contribution in [0.4, 0.5) is 0 Å². The van der Waals surface area contributed by atoms with Crippen LogP contribution in [0.3, 0.4) is 0 Å². The Labute approximate surface area is 118 Å². The summed E-state index contributed by atoms with van der Waals surface area (Å²) in [4.78, 5) is 11.5. The van der Waals surface area contributed by atoms with Crippen LogP contribution < -0.4 is 20.9 Å². The minimum Gasteiger partial charge on any atom is -0.484 e. The maximum atomic E-state index is 11.5. The molecule has 1 amide bonds. The summed E-state index contributed by atoms with van der Waals surface area (Å²) in [5.74, 6) is 0.381. The van der Waals surface area contributed by atoms with Crippen LogP contribution in [0.2, 0.25) is 0 Å². The van der Waals surface area contributed by atoms with E-state index in [0.29, 0.717) is 17.4 Å². The summed E-state index contributed by atoms with van der Waals surface area (Å²) in [6, 6.07) is 5.70. The molecule has 0 spiro atoms. The topological polar surface area (TPSA) is 62.4 Å². The summed E-state index contributed by atoms with van der Waals surface area (Å²) in [6.45, 7) is 6.57. The van der Waals surface area contributed by atoms with Crippen LogP contribution in [0, 0.1) is 13.8 Å². The third-order valence-electron chi connectivity index (χ3n) is 2.50. The number of ether oxygens (including phenoxy) is 1. The van der Waals surface area contributed by atoms with Gasteiger partial charge in [0.2, 0.25) is 0 Å². The Kier molecular flexibility index (Phi) is 6.08. The minimum atomic E-state index is -0.293. The highest BCUT2D eigenvalue weighted by Crippen LogP contribution is 2.15. The Bertz CT molecular complexity index is 463. The lowest BCUT2D eigenvalue weighted by molar-refractivity contribution is -0.123. The zero-order chi connectivity index (χ0) is 14.3. The molecule has 0 unspecified atom stereocenters. The number of rotatable bonds is 4. The second-order valence-corrected chi connectivity index (χ2v) is 4.48. The number of hydrogen-bond donors (Lipinski definition) is 3. The number of hydrazine groups is 1. The molecule has 1 aromatic carbocycles. The van der Waals surface area contributed by atoms with E-state index < -0.39 is 0 Å². The summed E-state index contributed by atoms with van der Waals surface area (Å²) < 4.78 is 5.38. The van der Waals surface area contributed by atoms with Crippen molar-refractivity contribution in [3.63, 3.8) is 0 Å². The summed E-state index contributed by atoms with van der Waals surface area (Å²) in [7, 11) is 0. The van der Waals surface area contributed by atoms with E-state index in [-0.39, 0.29) is 12.5 Å². The van der Waals surface area contributed by atoms with Gasteiger partial charge in [-0.2, -0.15) is 0 Å². The van der Waals surface area contributed by atoms with Gasteiger partial charge < -0.3 is 10.1 Å². The Balaban J connectivity index is 2.33. The van der Waals surface area contributed by atoms with Gasteiger partial charge in [-0.3, -0.25) is 15.6 Å². The van der Waals surface area contributed by atoms with Gasteiger partial charge in [-0.05, 0) is 56.2 Å². The summed E-state index contributed by atoms with van der Waals surface area (Å²) in [6.07, 6.45) is 0. The van der Waals surface area contributed by atoms with Crippen molar-refractivity contribution < 1.29 is 9.53 Å². The van der Waals surface area contributed by atoms with Crippen molar-refractivity contribution in [2.75, 3.05) is 13.2 Å². The maximum absolute atomic E-state index is 11.5. The highest BCUT2D eigenvalue weighted by atomic mass is 32.1. The summed E-state index contributed by atoms with van der Waals surface area (Å²) in [5, 5.41) is 3.23. The fraction of sp³-hybridized carbons (Fsp3) is 0.385. The van der Waals surface area contributed by atoms with Gasteiger partial charge in [-0.25, -0.2) is 0 Å². The molecule has 0 aromatic heterocycles. The van der Waals surface area contributed by atoms with Crippen molar-refractivity contribution in [2.24, 2.45) is 0 Å². The quantitative estimate of drug-likeness (QED) is 0.572. The lowest BCUT2D eigenvalue weighted by Crippen LogP contribution is -2.48. The third-order valence-corrected chi connectivity index (χ3v) is 2.75. The molecule has 0 heterocycles. The second kappa shape index (κ2) is 7.58. The summed E-state index contributed by atoms with van der Waals surface area (Å²) >= 11 is 4.90. The predicted molar refractivity (Wildman–Crippen MR) is 79.0 cm³/mol. The Morgan fingerprint density at radius 2 is 2.00 bits per heavy atom. The number of benzene rings is 1. The molecule has 0 aliphatic carbocycles. The standard InChI is InChI=1S/C13H19N3O2S/c1-4-14-13(19)16-15-12(17)8-18-11-6-5-9(2)10(3)7-11/h5-7H,4,8H2,1-3H3,(H,15,17)(H2,14,16,19). The second-order valence-electron chi connectivity index (χ2n) is 4.07. The smallest absolute Gasteiger partial charge is 0.276 e. The van der Waals surface area contributed by atoms with Crippen molar-refractivity contribution in [3.05, 3.63) is 29.3 Å². The van der Waals surface area contributed by atoms with Crippen molar-refractivity contribution >= 4 is 23.2 Å². The SMILES string of the molecule is CCNC(=S)NNC(=O)COc1ccc(C)c(C)c1. The van der Waals surface area contributed by atoms with Gasteiger partial charge in [0.1, 0.15) is 5.75 Å². The van der Waals surface area contributed by atoms with Crippen LogP contribution in [0.1, 0.15) is 18.1 Å². The van der Waals surface area contributed by atoms with Crippen LogP contribution in [0.25, 0.3) is 0 Å². The molecule has 0 bridgehead atoms. The molecule has 104 valence electrons. The van der Waals surface area contributed by atoms with Crippen molar-refractivity contribution in [2.45, 2.75) is 20.8 Å². The van der Waals surface area contributed by atoms with Crippen LogP contribution in [-0.4, -0.2) is 24.2 Å². The maximum Gasteiger partial charge on any atom is 0.276 e.